The van der Waals surface area contributed by atoms with Gasteiger partial charge in [0.25, 0.3) is 0 Å². The van der Waals surface area contributed by atoms with E-state index in [0.717, 1.165) is 6.42 Å². The summed E-state index contributed by atoms with van der Waals surface area (Å²) in [7, 11) is 0. The van der Waals surface area contributed by atoms with Crippen LogP contribution in [0.25, 0.3) is 10.4 Å². The second-order valence-electron chi connectivity index (χ2n) is 3.73. The minimum Gasteiger partial charge on any atom is -0.299 e. The maximum atomic E-state index is 8.16. The molecule has 0 radical (unpaired) electrons. The molecule has 2 bridgehead atoms. The second kappa shape index (κ2) is 3.96. The van der Waals surface area contributed by atoms with Crippen molar-refractivity contribution < 1.29 is 0 Å². The summed E-state index contributed by atoms with van der Waals surface area (Å²) in [6.45, 7) is 6.64. The van der Waals surface area contributed by atoms with Crippen LogP contribution in [-0.4, -0.2) is 55.1 Å². The topological polar surface area (TPSA) is 55.2 Å². The minimum absolute atomic E-state index is 0.632. The highest BCUT2D eigenvalue weighted by Crippen LogP contribution is 2.17. The first kappa shape index (κ1) is 8.81. The number of fused-ring (bicyclic) bond motifs is 3. The van der Waals surface area contributed by atoms with Gasteiger partial charge in [-0.05, 0) is 12.0 Å². The summed E-state index contributed by atoms with van der Waals surface area (Å²) in [6.07, 6.45) is 1.01. The number of nitrogens with zero attached hydrogens (tertiary/aromatic N) is 5. The highest BCUT2D eigenvalue weighted by molar-refractivity contribution is 4.88. The van der Waals surface area contributed by atoms with Crippen molar-refractivity contribution in [2.75, 3.05) is 39.3 Å². The molecule has 3 saturated heterocycles. The number of piperazine rings is 3. The number of rotatable bonds is 3. The van der Waals surface area contributed by atoms with Gasteiger partial charge in [0.2, 0.25) is 0 Å². The van der Waals surface area contributed by atoms with Gasteiger partial charge in [-0.15, -0.1) is 0 Å². The van der Waals surface area contributed by atoms with E-state index in [4.69, 9.17) is 5.53 Å². The Hall–Kier alpha value is -0.770. The smallest absolute Gasteiger partial charge is 0.0273 e. The molecule has 3 aliphatic heterocycles. The Morgan fingerprint density at radius 1 is 1.31 bits per heavy atom. The summed E-state index contributed by atoms with van der Waals surface area (Å²) in [5.41, 5.74) is 8.16. The Balaban J connectivity index is 1.83. The molecular weight excluding hydrogens is 166 g/mol. The van der Waals surface area contributed by atoms with Crippen molar-refractivity contribution in [3.05, 3.63) is 10.4 Å². The average Bonchev–Trinajstić information content (AvgIpc) is 2.20. The Bertz CT molecular complexity index is 215. The van der Waals surface area contributed by atoms with Crippen LogP contribution in [0.2, 0.25) is 0 Å². The van der Waals surface area contributed by atoms with E-state index < -0.39 is 0 Å². The van der Waals surface area contributed by atoms with Gasteiger partial charge in [0.15, 0.2) is 0 Å². The summed E-state index contributed by atoms with van der Waals surface area (Å²) in [6, 6.07) is 0.632. The van der Waals surface area contributed by atoms with Crippen LogP contribution >= 0.6 is 0 Å². The molecule has 3 heterocycles. The van der Waals surface area contributed by atoms with Crippen LogP contribution in [0.3, 0.4) is 0 Å². The van der Waals surface area contributed by atoms with Crippen LogP contribution in [0.5, 0.6) is 0 Å². The first-order valence-corrected chi connectivity index (χ1v) is 4.87. The maximum absolute atomic E-state index is 8.16. The molecule has 5 heteroatoms. The van der Waals surface area contributed by atoms with Gasteiger partial charge in [0, 0.05) is 50.2 Å². The van der Waals surface area contributed by atoms with E-state index in [1.54, 1.807) is 0 Å². The van der Waals surface area contributed by atoms with Gasteiger partial charge in [-0.25, -0.2) is 0 Å². The molecule has 0 aliphatic carbocycles. The number of hydrogen-bond donors (Lipinski definition) is 0. The van der Waals surface area contributed by atoms with Crippen LogP contribution in [0.4, 0.5) is 0 Å². The van der Waals surface area contributed by atoms with E-state index in [2.05, 4.69) is 19.8 Å². The molecule has 0 saturated carbocycles. The normalized spacial score (nSPS) is 37.1. The zero-order chi connectivity index (χ0) is 9.10. The van der Waals surface area contributed by atoms with E-state index >= 15 is 0 Å². The standard InChI is InChI=1S/C8H15N5/c9-11-10-2-1-8-7-12-3-5-13(8)6-4-12/h8H,1-7H2. The van der Waals surface area contributed by atoms with Gasteiger partial charge in [-0.3, -0.25) is 9.80 Å². The van der Waals surface area contributed by atoms with Gasteiger partial charge >= 0.3 is 0 Å². The minimum atomic E-state index is 0.632. The molecule has 72 valence electrons. The fourth-order valence-electron chi connectivity index (χ4n) is 2.25. The predicted molar refractivity (Wildman–Crippen MR) is 50.4 cm³/mol. The lowest BCUT2D eigenvalue weighted by Crippen LogP contribution is -2.60. The molecule has 13 heavy (non-hydrogen) atoms. The molecule has 1 unspecified atom stereocenters. The van der Waals surface area contributed by atoms with Crippen molar-refractivity contribution in [2.45, 2.75) is 12.5 Å². The Morgan fingerprint density at radius 3 is 2.62 bits per heavy atom. The molecule has 1 atom stereocenters. The van der Waals surface area contributed by atoms with Gasteiger partial charge in [0.1, 0.15) is 0 Å². The third kappa shape index (κ3) is 1.94. The van der Waals surface area contributed by atoms with E-state index in [9.17, 15) is 0 Å². The summed E-state index contributed by atoms with van der Waals surface area (Å²) in [5, 5.41) is 3.58. The summed E-state index contributed by atoms with van der Waals surface area (Å²) in [4.78, 5) is 7.80. The van der Waals surface area contributed by atoms with Crippen molar-refractivity contribution in [3.63, 3.8) is 0 Å². The molecule has 3 aliphatic rings. The summed E-state index contributed by atoms with van der Waals surface area (Å²) < 4.78 is 0. The largest absolute Gasteiger partial charge is 0.299 e. The zero-order valence-electron chi connectivity index (χ0n) is 7.76. The van der Waals surface area contributed by atoms with Gasteiger partial charge in [-0.2, -0.15) is 0 Å². The van der Waals surface area contributed by atoms with E-state index in [1.807, 2.05) is 0 Å². The molecular formula is C8H15N5. The molecule has 0 aromatic carbocycles. The van der Waals surface area contributed by atoms with Crippen molar-refractivity contribution in [2.24, 2.45) is 5.11 Å². The summed E-state index contributed by atoms with van der Waals surface area (Å²) in [5.74, 6) is 0. The lowest BCUT2D eigenvalue weighted by atomic mass is 10.1. The molecule has 0 aromatic heterocycles. The van der Waals surface area contributed by atoms with Crippen molar-refractivity contribution in [1.82, 2.24) is 9.80 Å². The lowest BCUT2D eigenvalue weighted by Gasteiger charge is -2.47. The second-order valence-corrected chi connectivity index (χ2v) is 3.73. The Morgan fingerprint density at radius 2 is 2.08 bits per heavy atom. The average molecular weight is 181 g/mol. The van der Waals surface area contributed by atoms with Crippen LogP contribution in [-0.2, 0) is 0 Å². The van der Waals surface area contributed by atoms with E-state index in [-0.39, 0.29) is 0 Å². The maximum Gasteiger partial charge on any atom is 0.0273 e. The third-order valence-corrected chi connectivity index (χ3v) is 3.02. The van der Waals surface area contributed by atoms with Crippen LogP contribution in [0.15, 0.2) is 5.11 Å². The number of azide groups is 1. The number of hydrogen-bond acceptors (Lipinski definition) is 3. The molecule has 3 rings (SSSR count). The fourth-order valence-corrected chi connectivity index (χ4v) is 2.25. The highest BCUT2D eigenvalue weighted by atomic mass is 15.3. The molecule has 0 amide bonds. The van der Waals surface area contributed by atoms with Gasteiger partial charge in [0.05, 0.1) is 0 Å². The van der Waals surface area contributed by atoms with Crippen molar-refractivity contribution >= 4 is 0 Å². The van der Waals surface area contributed by atoms with Crippen LogP contribution in [0.1, 0.15) is 6.42 Å². The van der Waals surface area contributed by atoms with Crippen molar-refractivity contribution in [1.29, 1.82) is 0 Å². The molecule has 3 fully saturated rings. The predicted octanol–water partition coefficient (Wildman–Crippen LogP) is 0.687. The molecule has 0 spiro atoms. The SMILES string of the molecule is [N-]=[N+]=NCCC1CN2CCN1CC2. The highest BCUT2D eigenvalue weighted by Gasteiger charge is 2.30. The Labute approximate surface area is 77.9 Å². The van der Waals surface area contributed by atoms with Crippen molar-refractivity contribution in [3.8, 4) is 0 Å². The molecule has 0 aromatic rings. The monoisotopic (exact) mass is 181 g/mol. The summed E-state index contributed by atoms with van der Waals surface area (Å²) >= 11 is 0. The first-order chi connectivity index (χ1) is 6.40. The Kier molecular flexibility index (Phi) is 2.68. The van der Waals surface area contributed by atoms with Crippen LogP contribution < -0.4 is 0 Å². The van der Waals surface area contributed by atoms with E-state index in [0.29, 0.717) is 12.6 Å². The zero-order valence-corrected chi connectivity index (χ0v) is 7.76. The van der Waals surface area contributed by atoms with Gasteiger partial charge in [-0.1, -0.05) is 5.11 Å². The van der Waals surface area contributed by atoms with E-state index in [1.165, 1.54) is 32.7 Å². The molecule has 5 nitrogen and oxygen atoms in total. The van der Waals surface area contributed by atoms with Crippen LogP contribution in [0, 0.1) is 0 Å². The lowest BCUT2D eigenvalue weighted by molar-refractivity contribution is 0.0109. The fraction of sp³-hybridized carbons (Fsp3) is 1.00. The third-order valence-electron chi connectivity index (χ3n) is 3.02. The quantitative estimate of drug-likeness (QED) is 0.365. The van der Waals surface area contributed by atoms with Gasteiger partial charge < -0.3 is 0 Å². The first-order valence-electron chi connectivity index (χ1n) is 4.87. The molecule has 0 N–H and O–H groups in total.